The van der Waals surface area contributed by atoms with Gasteiger partial charge in [-0.3, -0.25) is 0 Å². The third-order valence-corrected chi connectivity index (χ3v) is 4.89. The Kier molecular flexibility index (Phi) is 5.33. The van der Waals surface area contributed by atoms with Gasteiger partial charge in [-0.05, 0) is 32.9 Å². The molecule has 0 fully saturated rings. The molecule has 6 nitrogen and oxygen atoms in total. The molecule has 22 heavy (non-hydrogen) atoms. The molecule has 0 aliphatic rings. The van der Waals surface area contributed by atoms with Crippen LogP contribution in [0.5, 0.6) is 0 Å². The molecule has 0 aliphatic carbocycles. The average Bonchev–Trinajstić information content (AvgIpc) is 2.79. The lowest BCUT2D eigenvalue weighted by molar-refractivity contribution is 0.392. The molecule has 0 atom stereocenters. The van der Waals surface area contributed by atoms with Gasteiger partial charge in [0.15, 0.2) is 0 Å². The second-order valence-corrected chi connectivity index (χ2v) is 6.96. The number of nitrogens with zero attached hydrogens (tertiary/aromatic N) is 1. The van der Waals surface area contributed by atoms with Crippen molar-refractivity contribution in [1.82, 2.24) is 15.2 Å². The first kappa shape index (κ1) is 16.7. The quantitative estimate of drug-likeness (QED) is 0.757. The van der Waals surface area contributed by atoms with E-state index in [4.69, 9.17) is 4.52 Å². The highest BCUT2D eigenvalue weighted by atomic mass is 32.2. The zero-order chi connectivity index (χ0) is 16.2. The highest BCUT2D eigenvalue weighted by Gasteiger charge is 2.13. The zero-order valence-corrected chi connectivity index (χ0v) is 13.8. The summed E-state index contributed by atoms with van der Waals surface area (Å²) < 4.78 is 31.8. The predicted molar refractivity (Wildman–Crippen MR) is 84.1 cm³/mol. The fraction of sp³-hybridized carbons (Fsp3) is 0.400. The summed E-state index contributed by atoms with van der Waals surface area (Å²) in [6.45, 7) is 7.11. The monoisotopic (exact) mass is 323 g/mol. The van der Waals surface area contributed by atoms with Gasteiger partial charge in [0.2, 0.25) is 10.0 Å². The molecule has 2 N–H and O–H groups in total. The summed E-state index contributed by atoms with van der Waals surface area (Å²) in [4.78, 5) is 0.281. The molecular weight excluding hydrogens is 302 g/mol. The molecule has 0 radical (unpaired) electrons. The fourth-order valence-corrected chi connectivity index (χ4v) is 3.07. The van der Waals surface area contributed by atoms with Crippen molar-refractivity contribution in [2.45, 2.75) is 32.2 Å². The Morgan fingerprint density at radius 1 is 1.09 bits per heavy atom. The lowest BCUT2D eigenvalue weighted by atomic mass is 10.2. The van der Waals surface area contributed by atoms with Gasteiger partial charge in [0.25, 0.3) is 0 Å². The number of hydrogen-bond acceptors (Lipinski definition) is 5. The van der Waals surface area contributed by atoms with Gasteiger partial charge in [0.05, 0.1) is 10.6 Å². The Morgan fingerprint density at radius 3 is 2.36 bits per heavy atom. The van der Waals surface area contributed by atoms with Crippen molar-refractivity contribution in [3.63, 3.8) is 0 Å². The first-order valence-electron chi connectivity index (χ1n) is 7.09. The SMILES string of the molecule is Cc1ccc(S(=O)(=O)NCCNCc2c(C)noc2C)cc1. The van der Waals surface area contributed by atoms with Crippen LogP contribution in [-0.2, 0) is 16.6 Å². The highest BCUT2D eigenvalue weighted by Crippen LogP contribution is 2.11. The lowest BCUT2D eigenvalue weighted by Crippen LogP contribution is -2.31. The van der Waals surface area contributed by atoms with Crippen LogP contribution in [0.4, 0.5) is 0 Å². The number of nitrogens with one attached hydrogen (secondary N) is 2. The Morgan fingerprint density at radius 2 is 1.77 bits per heavy atom. The lowest BCUT2D eigenvalue weighted by Gasteiger charge is -2.08. The van der Waals surface area contributed by atoms with Crippen molar-refractivity contribution in [3.8, 4) is 0 Å². The van der Waals surface area contributed by atoms with E-state index >= 15 is 0 Å². The number of hydrogen-bond donors (Lipinski definition) is 2. The molecule has 0 saturated heterocycles. The van der Waals surface area contributed by atoms with E-state index in [0.29, 0.717) is 19.6 Å². The molecule has 0 spiro atoms. The predicted octanol–water partition coefficient (Wildman–Crippen LogP) is 1.67. The van der Waals surface area contributed by atoms with Crippen molar-refractivity contribution >= 4 is 10.0 Å². The number of sulfonamides is 1. The molecule has 0 saturated carbocycles. The van der Waals surface area contributed by atoms with Crippen LogP contribution in [0.1, 0.15) is 22.6 Å². The molecule has 0 aliphatic heterocycles. The van der Waals surface area contributed by atoms with E-state index in [-0.39, 0.29) is 4.90 Å². The normalized spacial score (nSPS) is 11.8. The van der Waals surface area contributed by atoms with Crippen LogP contribution in [0.25, 0.3) is 0 Å². The molecule has 1 aromatic heterocycles. The van der Waals surface area contributed by atoms with E-state index in [1.165, 1.54) is 0 Å². The van der Waals surface area contributed by atoms with Crippen LogP contribution in [0.15, 0.2) is 33.7 Å². The number of aromatic nitrogens is 1. The standard InChI is InChI=1S/C15H21N3O3S/c1-11-4-6-14(7-5-11)22(19,20)17-9-8-16-10-15-12(2)18-21-13(15)3/h4-7,16-17H,8-10H2,1-3H3. The summed E-state index contributed by atoms with van der Waals surface area (Å²) in [6, 6.07) is 6.78. The van der Waals surface area contributed by atoms with E-state index in [2.05, 4.69) is 15.2 Å². The van der Waals surface area contributed by atoms with E-state index in [1.807, 2.05) is 20.8 Å². The Hall–Kier alpha value is -1.70. The van der Waals surface area contributed by atoms with Crippen LogP contribution in [-0.4, -0.2) is 26.7 Å². The minimum Gasteiger partial charge on any atom is -0.361 e. The van der Waals surface area contributed by atoms with Crippen LogP contribution >= 0.6 is 0 Å². The van der Waals surface area contributed by atoms with Crippen LogP contribution in [0.2, 0.25) is 0 Å². The van der Waals surface area contributed by atoms with Crippen LogP contribution < -0.4 is 10.0 Å². The molecule has 7 heteroatoms. The highest BCUT2D eigenvalue weighted by molar-refractivity contribution is 7.89. The summed E-state index contributed by atoms with van der Waals surface area (Å²) in [5.41, 5.74) is 2.90. The third kappa shape index (κ3) is 4.16. The fourth-order valence-electron chi connectivity index (χ4n) is 2.04. The Balaban J connectivity index is 1.80. The molecule has 0 bridgehead atoms. The van der Waals surface area contributed by atoms with Gasteiger partial charge in [-0.15, -0.1) is 0 Å². The summed E-state index contributed by atoms with van der Waals surface area (Å²) in [5, 5.41) is 7.05. The second-order valence-electron chi connectivity index (χ2n) is 5.19. The van der Waals surface area contributed by atoms with Gasteiger partial charge in [0.1, 0.15) is 5.76 Å². The number of aryl methyl sites for hydroxylation is 3. The third-order valence-electron chi connectivity index (χ3n) is 3.41. The molecule has 120 valence electrons. The Bertz CT molecular complexity index is 701. The zero-order valence-electron chi connectivity index (χ0n) is 13.0. The van der Waals surface area contributed by atoms with Crippen LogP contribution in [0, 0.1) is 20.8 Å². The maximum atomic E-state index is 12.1. The molecule has 2 aromatic rings. The summed E-state index contributed by atoms with van der Waals surface area (Å²) in [7, 11) is -3.45. The maximum Gasteiger partial charge on any atom is 0.240 e. The second kappa shape index (κ2) is 7.04. The van der Waals surface area contributed by atoms with Gasteiger partial charge < -0.3 is 9.84 Å². The maximum absolute atomic E-state index is 12.1. The van der Waals surface area contributed by atoms with Gasteiger partial charge in [-0.1, -0.05) is 22.9 Å². The van der Waals surface area contributed by atoms with E-state index < -0.39 is 10.0 Å². The molecular formula is C15H21N3O3S. The minimum atomic E-state index is -3.45. The van der Waals surface area contributed by atoms with Gasteiger partial charge in [-0.25, -0.2) is 13.1 Å². The number of rotatable bonds is 7. The van der Waals surface area contributed by atoms with Crippen molar-refractivity contribution in [2.75, 3.05) is 13.1 Å². The van der Waals surface area contributed by atoms with Gasteiger partial charge in [-0.2, -0.15) is 0 Å². The molecule has 0 amide bonds. The topological polar surface area (TPSA) is 84.2 Å². The molecule has 0 unspecified atom stereocenters. The smallest absolute Gasteiger partial charge is 0.240 e. The van der Waals surface area contributed by atoms with Gasteiger partial charge >= 0.3 is 0 Å². The number of benzene rings is 1. The van der Waals surface area contributed by atoms with Crippen molar-refractivity contribution in [2.24, 2.45) is 0 Å². The van der Waals surface area contributed by atoms with Crippen molar-refractivity contribution in [3.05, 3.63) is 46.8 Å². The first-order valence-corrected chi connectivity index (χ1v) is 8.57. The summed E-state index contributed by atoms with van der Waals surface area (Å²) in [6.07, 6.45) is 0. The largest absolute Gasteiger partial charge is 0.361 e. The molecule has 1 aromatic carbocycles. The average molecular weight is 323 g/mol. The van der Waals surface area contributed by atoms with Gasteiger partial charge in [0, 0.05) is 25.2 Å². The van der Waals surface area contributed by atoms with Crippen molar-refractivity contribution in [1.29, 1.82) is 0 Å². The first-order chi connectivity index (χ1) is 10.4. The summed E-state index contributed by atoms with van der Waals surface area (Å²) in [5.74, 6) is 0.783. The molecule has 2 rings (SSSR count). The van der Waals surface area contributed by atoms with Crippen LogP contribution in [0.3, 0.4) is 0 Å². The van der Waals surface area contributed by atoms with E-state index in [1.54, 1.807) is 24.3 Å². The van der Waals surface area contributed by atoms with E-state index in [0.717, 1.165) is 22.6 Å². The minimum absolute atomic E-state index is 0.281. The van der Waals surface area contributed by atoms with Crippen molar-refractivity contribution < 1.29 is 12.9 Å². The molecule has 1 heterocycles. The Labute approximate surface area is 131 Å². The summed E-state index contributed by atoms with van der Waals surface area (Å²) >= 11 is 0. The van der Waals surface area contributed by atoms with E-state index in [9.17, 15) is 8.42 Å².